The van der Waals surface area contributed by atoms with Gasteiger partial charge in [-0.1, -0.05) is 261 Å². The van der Waals surface area contributed by atoms with Gasteiger partial charge in [-0.25, -0.2) is 0 Å². The topological polar surface area (TPSA) is 40.6 Å². The highest BCUT2D eigenvalue weighted by Crippen LogP contribution is 2.50. The van der Waals surface area contributed by atoms with Crippen molar-refractivity contribution in [1.29, 1.82) is 0 Å². The molecule has 7 heterocycles. The zero-order valence-electron chi connectivity index (χ0n) is 62.7. The highest BCUT2D eigenvalue weighted by atomic mass is 32.1. The van der Waals surface area contributed by atoms with Crippen molar-refractivity contribution >= 4 is 91.6 Å². The fourth-order valence-corrected chi connectivity index (χ4v) is 21.7. The maximum absolute atomic E-state index is 16.7. The van der Waals surface area contributed by atoms with Crippen LogP contribution in [0.3, 0.4) is 0 Å². The van der Waals surface area contributed by atoms with Gasteiger partial charge in [-0.05, 0) is 170 Å². The Morgan fingerprint density at radius 1 is 0.412 bits per heavy atom. The molecule has 1 aliphatic rings. The third-order valence-corrected chi connectivity index (χ3v) is 27.8. The van der Waals surface area contributed by atoms with E-state index in [0.717, 1.165) is 72.5 Å². The van der Waals surface area contributed by atoms with Gasteiger partial charge in [-0.15, -0.1) is 68.0 Å². The number of aryl methyl sites for hydroxylation is 4. The highest BCUT2D eigenvalue weighted by Gasteiger charge is 2.41. The minimum atomic E-state index is 0.0210. The number of unbranched alkanes of at least 4 members (excludes halogenated alkanes) is 28. The number of amides is 1. The first kappa shape index (κ1) is 80.9. The molecule has 0 fully saturated rings. The average Bonchev–Trinajstić information content (AvgIpc) is 1.58. The summed E-state index contributed by atoms with van der Waals surface area (Å²) in [5.41, 5.74) is 8.92. The Kier molecular flexibility index (Phi) is 39.2. The van der Waals surface area contributed by atoms with Crippen LogP contribution in [0.1, 0.15) is 344 Å². The molecule has 0 spiro atoms. The second-order valence-electron chi connectivity index (χ2n) is 29.1. The van der Waals surface area contributed by atoms with Crippen molar-refractivity contribution in [3.63, 3.8) is 0 Å². The Morgan fingerprint density at radius 2 is 0.794 bits per heavy atom. The molecule has 10 heteroatoms. The molecule has 0 radical (unpaired) electrons. The van der Waals surface area contributed by atoms with Crippen LogP contribution in [-0.4, -0.2) is 42.1 Å². The zero-order chi connectivity index (χ0) is 68.8. The van der Waals surface area contributed by atoms with Gasteiger partial charge in [0.05, 0.1) is 32.3 Å². The van der Waals surface area contributed by atoms with Gasteiger partial charge < -0.3 is 9.80 Å². The molecule has 0 N–H and O–H groups in total. The maximum atomic E-state index is 16.7. The summed E-state index contributed by atoms with van der Waals surface area (Å²) >= 11 is 11.5. The fraction of sp³-hybridized carbons (Fsp3) is 0.655. The van der Waals surface area contributed by atoms with Gasteiger partial charge in [-0.2, -0.15) is 0 Å². The van der Waals surface area contributed by atoms with Gasteiger partial charge in [-0.3, -0.25) is 9.59 Å². The zero-order valence-corrected chi connectivity index (χ0v) is 67.6. The third kappa shape index (κ3) is 26.1. The number of carbonyl (C=O) groups excluding carboxylic acids is 2. The summed E-state index contributed by atoms with van der Waals surface area (Å²) in [6.07, 6.45) is 55.6. The van der Waals surface area contributed by atoms with Gasteiger partial charge in [0.2, 0.25) is 0 Å². The van der Waals surface area contributed by atoms with E-state index in [1.165, 1.54) is 305 Å². The van der Waals surface area contributed by atoms with Crippen molar-refractivity contribution in [2.24, 2.45) is 11.8 Å². The first-order valence-corrected chi connectivity index (χ1v) is 45.2. The lowest BCUT2D eigenvalue weighted by Crippen LogP contribution is -2.32. The first-order chi connectivity index (χ1) is 47.6. The summed E-state index contributed by atoms with van der Waals surface area (Å²) < 4.78 is 0. The van der Waals surface area contributed by atoms with Crippen LogP contribution >= 0.6 is 68.0 Å². The number of rotatable bonds is 56. The normalized spacial score (nSPS) is 13.9. The minimum Gasteiger partial charge on any atom is -0.373 e. The van der Waals surface area contributed by atoms with E-state index in [4.69, 9.17) is 0 Å². The van der Waals surface area contributed by atoms with Crippen LogP contribution < -0.4 is 0 Å². The Morgan fingerprint density at radius 3 is 1.25 bits per heavy atom. The molecular formula is C87H132N2O2S6. The molecule has 0 aromatic carbocycles. The van der Waals surface area contributed by atoms with Gasteiger partial charge >= 0.3 is 0 Å². The SMILES string of the molecule is CCCCCCCCC(CCCCCC)CN1C(=O)/C(=C(\c2ccc(-c3cc(CCCCCC)c(-c4cc(CCCCCC)cs4)s3)s2)N(C)CC(CCCCCC)CCCCCCCC)C(C=O)=C1c1ccc(-c2cc(CCCCCC)c(-c3cc(CCCCCC)cs3)s2)s1. The van der Waals surface area contributed by atoms with E-state index in [9.17, 15) is 4.79 Å². The maximum Gasteiger partial charge on any atom is 0.261 e. The predicted molar refractivity (Wildman–Crippen MR) is 438 cm³/mol. The number of carbonyl (C=O) groups is 2. The molecular weight excluding hydrogens is 1300 g/mol. The molecule has 1 aliphatic heterocycles. The molecule has 97 heavy (non-hydrogen) atoms. The lowest BCUT2D eigenvalue weighted by atomic mass is 9.93. The molecule has 2 unspecified atom stereocenters. The highest BCUT2D eigenvalue weighted by molar-refractivity contribution is 7.27. The van der Waals surface area contributed by atoms with Crippen molar-refractivity contribution in [1.82, 2.24) is 9.80 Å². The smallest absolute Gasteiger partial charge is 0.261 e. The van der Waals surface area contributed by atoms with Gasteiger partial charge in [0, 0.05) is 59.2 Å². The Hall–Kier alpha value is -3.38. The lowest BCUT2D eigenvalue weighted by molar-refractivity contribution is -0.123. The second-order valence-corrected chi connectivity index (χ2v) is 35.2. The Balaban J connectivity index is 1.39. The number of hydrogen-bond donors (Lipinski definition) is 0. The molecule has 0 bridgehead atoms. The van der Waals surface area contributed by atoms with Crippen LogP contribution in [0.2, 0.25) is 0 Å². The number of hydrogen-bond acceptors (Lipinski definition) is 9. The molecule has 2 atom stereocenters. The summed E-state index contributed by atoms with van der Waals surface area (Å²) in [5, 5.41) is 4.85. The molecule has 7 rings (SSSR count). The molecule has 6 aromatic rings. The van der Waals surface area contributed by atoms with E-state index in [1.54, 1.807) is 11.3 Å². The fourth-order valence-electron chi connectivity index (χ4n) is 14.8. The first-order valence-electron chi connectivity index (χ1n) is 40.2. The van der Waals surface area contributed by atoms with E-state index >= 15 is 4.79 Å². The number of nitrogens with zero attached hydrogens (tertiary/aromatic N) is 2. The van der Waals surface area contributed by atoms with E-state index in [1.807, 2.05) is 56.7 Å². The van der Waals surface area contributed by atoms with Crippen molar-refractivity contribution in [2.45, 2.75) is 338 Å². The van der Waals surface area contributed by atoms with Crippen molar-refractivity contribution < 1.29 is 9.59 Å². The van der Waals surface area contributed by atoms with Crippen LogP contribution in [0.4, 0.5) is 0 Å². The van der Waals surface area contributed by atoms with E-state index < -0.39 is 0 Å². The van der Waals surface area contributed by atoms with E-state index in [-0.39, 0.29) is 5.91 Å². The summed E-state index contributed by atoms with van der Waals surface area (Å²) in [4.78, 5) is 49.1. The summed E-state index contributed by atoms with van der Waals surface area (Å²) in [6.45, 7) is 20.0. The third-order valence-electron chi connectivity index (χ3n) is 20.6. The molecule has 0 saturated heterocycles. The van der Waals surface area contributed by atoms with Crippen LogP contribution in [0, 0.1) is 11.8 Å². The molecule has 6 aromatic heterocycles. The monoisotopic (exact) mass is 1430 g/mol. The van der Waals surface area contributed by atoms with Crippen LogP contribution in [0.5, 0.6) is 0 Å². The van der Waals surface area contributed by atoms with Gasteiger partial charge in [0.25, 0.3) is 5.91 Å². The second kappa shape index (κ2) is 47.0. The molecule has 0 aliphatic carbocycles. The summed E-state index contributed by atoms with van der Waals surface area (Å²) in [7, 11) is 2.28. The minimum absolute atomic E-state index is 0.0210. The van der Waals surface area contributed by atoms with Crippen LogP contribution in [0.15, 0.2) is 70.4 Å². The average molecular weight is 1430 g/mol. The van der Waals surface area contributed by atoms with Gasteiger partial charge in [0.1, 0.15) is 0 Å². The largest absolute Gasteiger partial charge is 0.373 e. The summed E-state index contributed by atoms with van der Waals surface area (Å²) in [6, 6.07) is 19.3. The molecule has 1 amide bonds. The summed E-state index contributed by atoms with van der Waals surface area (Å²) in [5.74, 6) is 0.850. The van der Waals surface area contributed by atoms with E-state index in [2.05, 4.69) is 132 Å². The lowest BCUT2D eigenvalue weighted by Gasteiger charge is -2.30. The van der Waals surface area contributed by atoms with Crippen LogP contribution in [0.25, 0.3) is 50.4 Å². The van der Waals surface area contributed by atoms with Crippen molar-refractivity contribution in [3.8, 4) is 39.0 Å². The van der Waals surface area contributed by atoms with Crippen molar-refractivity contribution in [2.75, 3.05) is 20.1 Å². The predicted octanol–water partition coefficient (Wildman–Crippen LogP) is 30.0. The molecule has 538 valence electrons. The Labute approximate surface area is 617 Å². The number of aldehydes is 1. The molecule has 0 saturated carbocycles. The number of thiophene rings is 6. The standard InChI is InChI=1S/C87H132N2O2S6/c1-10-18-26-34-36-42-47-67(46-38-28-20-12-3)62-88(9)84(77-57-55-75(95-77)79-61-72(53-45-33-25-17-8)86(97-79)81-59-70(66-93-81)51-41-31-23-15-6)82-73(64-90)83(89(87(82)91)63-68(48-39-29-21-13-4)49-43-37-35-27-19-11-2)76-56-54-74(94-76)78-60-71(52-44-32-24-16-7)85(96-78)80-58-69(65-92-80)50-40-30-22-14-5/h54-61,64-68H,10-53,62-63H2,1-9H3/b84-82+. The van der Waals surface area contributed by atoms with Crippen molar-refractivity contribution in [3.05, 3.63) is 102 Å². The van der Waals surface area contributed by atoms with Gasteiger partial charge in [0.15, 0.2) is 6.29 Å². The quantitative estimate of drug-likeness (QED) is 0.0217. The van der Waals surface area contributed by atoms with E-state index in [0.29, 0.717) is 29.5 Å². The Bertz CT molecular complexity index is 3190. The van der Waals surface area contributed by atoms with Crippen LogP contribution in [-0.2, 0) is 35.3 Å². The molecule has 4 nitrogen and oxygen atoms in total.